The standard InChI is InChI=1S/C8H15NO3/c1-3-11-8(10)7-4-6(2)5-12-9-7/h6-7,9H,3-5H2,1-2H3/t6-,7+/m1/s1. The van der Waals surface area contributed by atoms with Crippen molar-refractivity contribution in [3.8, 4) is 0 Å². The van der Waals surface area contributed by atoms with E-state index in [9.17, 15) is 4.79 Å². The van der Waals surface area contributed by atoms with Crippen LogP contribution in [0.2, 0.25) is 0 Å². The Hall–Kier alpha value is -0.610. The van der Waals surface area contributed by atoms with Crippen LogP contribution in [0, 0.1) is 5.92 Å². The monoisotopic (exact) mass is 173 g/mol. The molecule has 0 spiro atoms. The highest BCUT2D eigenvalue weighted by Gasteiger charge is 2.26. The first-order valence-corrected chi connectivity index (χ1v) is 4.28. The van der Waals surface area contributed by atoms with Crippen LogP contribution in [-0.2, 0) is 14.4 Å². The first-order chi connectivity index (χ1) is 5.74. The molecule has 1 aliphatic heterocycles. The number of rotatable bonds is 2. The van der Waals surface area contributed by atoms with Gasteiger partial charge in [-0.05, 0) is 19.3 Å². The van der Waals surface area contributed by atoms with Crippen molar-refractivity contribution in [3.63, 3.8) is 0 Å². The van der Waals surface area contributed by atoms with E-state index in [0.29, 0.717) is 19.1 Å². The summed E-state index contributed by atoms with van der Waals surface area (Å²) >= 11 is 0. The van der Waals surface area contributed by atoms with E-state index in [2.05, 4.69) is 5.48 Å². The first kappa shape index (κ1) is 9.48. The molecule has 0 aromatic rings. The van der Waals surface area contributed by atoms with Gasteiger partial charge in [0.2, 0.25) is 0 Å². The van der Waals surface area contributed by atoms with E-state index in [-0.39, 0.29) is 12.0 Å². The SMILES string of the molecule is CCOC(=O)[C@@H]1C[C@@H](C)CON1. The third-order valence-electron chi connectivity index (χ3n) is 1.80. The van der Waals surface area contributed by atoms with Crippen molar-refractivity contribution in [1.82, 2.24) is 5.48 Å². The predicted octanol–water partition coefficient (Wildman–Crippen LogP) is 0.479. The van der Waals surface area contributed by atoms with Gasteiger partial charge in [-0.2, -0.15) is 5.48 Å². The number of hydroxylamine groups is 1. The number of hydrogen-bond donors (Lipinski definition) is 1. The van der Waals surface area contributed by atoms with Crippen molar-refractivity contribution in [2.45, 2.75) is 26.3 Å². The maximum Gasteiger partial charge on any atom is 0.325 e. The molecule has 12 heavy (non-hydrogen) atoms. The zero-order valence-electron chi connectivity index (χ0n) is 7.50. The molecule has 4 nitrogen and oxygen atoms in total. The van der Waals surface area contributed by atoms with Crippen molar-refractivity contribution in [1.29, 1.82) is 0 Å². The van der Waals surface area contributed by atoms with Gasteiger partial charge in [-0.3, -0.25) is 4.79 Å². The molecule has 1 N–H and O–H groups in total. The fourth-order valence-electron chi connectivity index (χ4n) is 1.20. The molecule has 1 heterocycles. The lowest BCUT2D eigenvalue weighted by Crippen LogP contribution is -2.44. The third kappa shape index (κ3) is 2.46. The lowest BCUT2D eigenvalue weighted by atomic mass is 10.0. The van der Waals surface area contributed by atoms with Crippen LogP contribution in [0.25, 0.3) is 0 Å². The van der Waals surface area contributed by atoms with Crippen LogP contribution in [0.5, 0.6) is 0 Å². The molecule has 0 unspecified atom stereocenters. The van der Waals surface area contributed by atoms with Gasteiger partial charge in [0.15, 0.2) is 0 Å². The summed E-state index contributed by atoms with van der Waals surface area (Å²) in [6.07, 6.45) is 0.791. The summed E-state index contributed by atoms with van der Waals surface area (Å²) < 4.78 is 4.85. The van der Waals surface area contributed by atoms with Crippen LogP contribution in [0.1, 0.15) is 20.3 Å². The van der Waals surface area contributed by atoms with Crippen molar-refractivity contribution in [2.24, 2.45) is 5.92 Å². The second-order valence-electron chi connectivity index (χ2n) is 3.07. The van der Waals surface area contributed by atoms with Gasteiger partial charge in [0.1, 0.15) is 6.04 Å². The van der Waals surface area contributed by atoms with Gasteiger partial charge in [-0.15, -0.1) is 0 Å². The summed E-state index contributed by atoms with van der Waals surface area (Å²) in [5.41, 5.74) is 2.66. The molecule has 1 fully saturated rings. The molecule has 1 rings (SSSR count). The van der Waals surface area contributed by atoms with E-state index >= 15 is 0 Å². The minimum absolute atomic E-state index is 0.218. The van der Waals surface area contributed by atoms with Crippen LogP contribution in [-0.4, -0.2) is 25.2 Å². The molecule has 1 aliphatic rings. The molecular formula is C8H15NO3. The molecule has 0 amide bonds. The summed E-state index contributed by atoms with van der Waals surface area (Å²) in [5.74, 6) is 0.199. The van der Waals surface area contributed by atoms with Crippen molar-refractivity contribution in [2.75, 3.05) is 13.2 Å². The number of carbonyl (C=O) groups is 1. The summed E-state index contributed by atoms with van der Waals surface area (Å²) in [6, 6.07) is -0.284. The van der Waals surface area contributed by atoms with E-state index in [1.54, 1.807) is 6.92 Å². The molecule has 2 atom stereocenters. The highest BCUT2D eigenvalue weighted by Crippen LogP contribution is 2.12. The molecule has 1 saturated heterocycles. The van der Waals surface area contributed by atoms with Gasteiger partial charge < -0.3 is 9.57 Å². The third-order valence-corrected chi connectivity index (χ3v) is 1.80. The van der Waals surface area contributed by atoms with E-state index in [1.165, 1.54) is 0 Å². The Balaban J connectivity index is 2.35. The van der Waals surface area contributed by atoms with Crippen LogP contribution in [0.4, 0.5) is 0 Å². The van der Waals surface area contributed by atoms with Gasteiger partial charge in [-0.1, -0.05) is 6.92 Å². The smallest absolute Gasteiger partial charge is 0.325 e. The molecule has 70 valence electrons. The molecule has 4 heteroatoms. The minimum atomic E-state index is -0.284. The Kier molecular flexibility index (Phi) is 3.49. The second kappa shape index (κ2) is 4.42. The number of nitrogens with one attached hydrogen (secondary N) is 1. The van der Waals surface area contributed by atoms with Gasteiger partial charge in [0.05, 0.1) is 13.2 Å². The van der Waals surface area contributed by atoms with Crippen LogP contribution >= 0.6 is 0 Å². The van der Waals surface area contributed by atoms with Crippen LogP contribution in [0.3, 0.4) is 0 Å². The molecule has 0 bridgehead atoms. The quantitative estimate of drug-likeness (QED) is 0.617. The Morgan fingerprint density at radius 3 is 3.08 bits per heavy atom. The van der Waals surface area contributed by atoms with Crippen molar-refractivity contribution < 1.29 is 14.4 Å². The Bertz CT molecular complexity index is 160. The average molecular weight is 173 g/mol. The van der Waals surface area contributed by atoms with E-state index in [0.717, 1.165) is 6.42 Å². The fraction of sp³-hybridized carbons (Fsp3) is 0.875. The van der Waals surface area contributed by atoms with Gasteiger partial charge >= 0.3 is 5.97 Å². The van der Waals surface area contributed by atoms with Gasteiger partial charge in [0, 0.05) is 0 Å². The lowest BCUT2D eigenvalue weighted by Gasteiger charge is -2.25. The highest BCUT2D eigenvalue weighted by atomic mass is 16.7. The number of ether oxygens (including phenoxy) is 1. The summed E-state index contributed by atoms with van der Waals surface area (Å²) in [5, 5.41) is 0. The zero-order valence-corrected chi connectivity index (χ0v) is 7.50. The highest BCUT2D eigenvalue weighted by molar-refractivity contribution is 5.75. The molecular weight excluding hydrogens is 158 g/mol. The summed E-state index contributed by atoms with van der Waals surface area (Å²) in [6.45, 7) is 4.93. The second-order valence-corrected chi connectivity index (χ2v) is 3.07. The molecule has 0 aromatic carbocycles. The van der Waals surface area contributed by atoms with Gasteiger partial charge in [-0.25, -0.2) is 0 Å². The lowest BCUT2D eigenvalue weighted by molar-refractivity contribution is -0.155. The molecule has 0 radical (unpaired) electrons. The molecule has 0 saturated carbocycles. The van der Waals surface area contributed by atoms with Crippen molar-refractivity contribution in [3.05, 3.63) is 0 Å². The average Bonchev–Trinajstić information content (AvgIpc) is 2.05. The van der Waals surface area contributed by atoms with E-state index in [4.69, 9.17) is 9.57 Å². The number of esters is 1. The number of hydrogen-bond acceptors (Lipinski definition) is 4. The van der Waals surface area contributed by atoms with Crippen LogP contribution in [0.15, 0.2) is 0 Å². The largest absolute Gasteiger partial charge is 0.465 e. The molecule has 0 aliphatic carbocycles. The Morgan fingerprint density at radius 1 is 1.75 bits per heavy atom. The first-order valence-electron chi connectivity index (χ1n) is 4.28. The summed E-state index contributed by atoms with van der Waals surface area (Å²) in [7, 11) is 0. The van der Waals surface area contributed by atoms with Gasteiger partial charge in [0.25, 0.3) is 0 Å². The maximum absolute atomic E-state index is 11.2. The topological polar surface area (TPSA) is 47.6 Å². The van der Waals surface area contributed by atoms with Crippen LogP contribution < -0.4 is 5.48 Å². The summed E-state index contributed by atoms with van der Waals surface area (Å²) in [4.78, 5) is 16.2. The normalized spacial score (nSPS) is 29.8. The Labute approximate surface area is 72.2 Å². The fourth-order valence-corrected chi connectivity index (χ4v) is 1.20. The molecule has 0 aromatic heterocycles. The maximum atomic E-state index is 11.2. The Morgan fingerprint density at radius 2 is 2.50 bits per heavy atom. The predicted molar refractivity (Wildman–Crippen MR) is 43.3 cm³/mol. The minimum Gasteiger partial charge on any atom is -0.465 e. The van der Waals surface area contributed by atoms with Crippen molar-refractivity contribution >= 4 is 5.97 Å². The number of carbonyl (C=O) groups excluding carboxylic acids is 1. The van der Waals surface area contributed by atoms with E-state index in [1.807, 2.05) is 6.92 Å². The zero-order chi connectivity index (χ0) is 8.97. The van der Waals surface area contributed by atoms with E-state index < -0.39 is 0 Å².